The quantitative estimate of drug-likeness (QED) is 0.862. The van der Waals surface area contributed by atoms with Crippen molar-refractivity contribution in [1.82, 2.24) is 0 Å². The Morgan fingerprint density at radius 3 is 2.47 bits per heavy atom. The number of carbonyl (C=O) groups is 1. The number of hydrogen-bond acceptors (Lipinski definition) is 2. The Balaban J connectivity index is 1.85. The summed E-state index contributed by atoms with van der Waals surface area (Å²) in [5, 5.41) is 9.35. The Morgan fingerprint density at radius 2 is 1.93 bits per heavy atom. The van der Waals surface area contributed by atoms with Gasteiger partial charge in [0.15, 0.2) is 0 Å². The minimum Gasteiger partial charge on any atom is -0.490 e. The highest BCUT2D eigenvalue weighted by Gasteiger charge is 2.35. The van der Waals surface area contributed by atoms with Gasteiger partial charge in [-0.2, -0.15) is 0 Å². The zero-order chi connectivity index (χ0) is 10.8. The molecule has 1 aromatic rings. The van der Waals surface area contributed by atoms with Crippen LogP contribution in [0.15, 0.2) is 24.3 Å². The molecule has 0 unspecified atom stereocenters. The van der Waals surface area contributed by atoms with Gasteiger partial charge in [0.2, 0.25) is 0 Å². The van der Waals surface area contributed by atoms with E-state index >= 15 is 0 Å². The first kappa shape index (κ1) is 10.3. The summed E-state index contributed by atoms with van der Waals surface area (Å²) in [4.78, 5) is 10.6. The summed E-state index contributed by atoms with van der Waals surface area (Å²) in [6.45, 7) is 0. The van der Waals surface area contributed by atoms with Gasteiger partial charge in [-0.3, -0.25) is 4.79 Å². The fraction of sp³-hybridized carbons (Fsp3) is 0.364. The van der Waals surface area contributed by atoms with Gasteiger partial charge in [-0.1, -0.05) is 11.6 Å². The average Bonchev–Trinajstić information content (AvgIpc) is 2.13. The number of halogens is 1. The highest BCUT2D eigenvalue weighted by molar-refractivity contribution is 6.30. The molecule has 15 heavy (non-hydrogen) atoms. The Labute approximate surface area is 92.6 Å². The van der Waals surface area contributed by atoms with Gasteiger partial charge in [0.1, 0.15) is 11.9 Å². The van der Waals surface area contributed by atoms with E-state index in [9.17, 15) is 4.79 Å². The molecule has 4 heteroatoms. The summed E-state index contributed by atoms with van der Waals surface area (Å²) in [5.74, 6) is -0.221. The van der Waals surface area contributed by atoms with Crippen molar-refractivity contribution in [3.8, 4) is 5.75 Å². The van der Waals surface area contributed by atoms with Crippen molar-refractivity contribution < 1.29 is 14.6 Å². The molecule has 1 saturated carbocycles. The van der Waals surface area contributed by atoms with Crippen molar-refractivity contribution in [3.63, 3.8) is 0 Å². The molecule has 1 aliphatic rings. The third-order valence-corrected chi connectivity index (χ3v) is 2.81. The molecule has 3 nitrogen and oxygen atoms in total. The van der Waals surface area contributed by atoms with Gasteiger partial charge in [-0.15, -0.1) is 0 Å². The first-order valence-electron chi connectivity index (χ1n) is 4.80. The lowest BCUT2D eigenvalue weighted by atomic mass is 9.82. The summed E-state index contributed by atoms with van der Waals surface area (Å²) >= 11 is 5.73. The van der Waals surface area contributed by atoms with Crippen LogP contribution < -0.4 is 4.74 Å². The molecule has 0 aliphatic heterocycles. The molecule has 0 atom stereocenters. The number of benzene rings is 1. The van der Waals surface area contributed by atoms with Crippen LogP contribution >= 0.6 is 11.6 Å². The Morgan fingerprint density at radius 1 is 1.33 bits per heavy atom. The lowest BCUT2D eigenvalue weighted by Crippen LogP contribution is -2.38. The summed E-state index contributed by atoms with van der Waals surface area (Å²) in [5.41, 5.74) is 0. The number of rotatable bonds is 3. The van der Waals surface area contributed by atoms with Crippen molar-refractivity contribution in [2.45, 2.75) is 18.9 Å². The summed E-state index contributed by atoms with van der Waals surface area (Å²) in [7, 11) is 0. The van der Waals surface area contributed by atoms with E-state index in [1.807, 2.05) is 0 Å². The van der Waals surface area contributed by atoms with E-state index in [1.54, 1.807) is 24.3 Å². The maximum atomic E-state index is 10.6. The van der Waals surface area contributed by atoms with Gasteiger partial charge >= 0.3 is 5.97 Å². The molecular formula is C11H11ClO3. The van der Waals surface area contributed by atoms with Crippen LogP contribution in [0.3, 0.4) is 0 Å². The Bertz CT molecular complexity index is 355. The van der Waals surface area contributed by atoms with Crippen LogP contribution in [0.2, 0.25) is 5.02 Å². The zero-order valence-electron chi connectivity index (χ0n) is 8.02. The van der Waals surface area contributed by atoms with E-state index in [4.69, 9.17) is 21.4 Å². The van der Waals surface area contributed by atoms with E-state index in [1.165, 1.54) is 0 Å². The van der Waals surface area contributed by atoms with E-state index in [0.717, 1.165) is 5.75 Å². The normalized spacial score (nSPS) is 24.3. The predicted molar refractivity (Wildman–Crippen MR) is 56.2 cm³/mol. The molecule has 1 fully saturated rings. The van der Waals surface area contributed by atoms with Crippen LogP contribution in [0.25, 0.3) is 0 Å². The standard InChI is InChI=1S/C11H11ClO3/c12-8-1-3-9(4-2-8)15-10-5-7(6-10)11(13)14/h1-4,7,10H,5-6H2,(H,13,14). The molecule has 0 amide bonds. The van der Waals surface area contributed by atoms with Crippen LogP contribution in [0.1, 0.15) is 12.8 Å². The number of hydrogen-bond donors (Lipinski definition) is 1. The first-order chi connectivity index (χ1) is 7.15. The van der Waals surface area contributed by atoms with Gasteiger partial charge in [-0.25, -0.2) is 0 Å². The predicted octanol–water partition coefficient (Wildman–Crippen LogP) is 2.58. The lowest BCUT2D eigenvalue weighted by Gasteiger charge is -2.32. The van der Waals surface area contributed by atoms with E-state index in [0.29, 0.717) is 17.9 Å². The Hall–Kier alpha value is -1.22. The summed E-state index contributed by atoms with van der Waals surface area (Å²) < 4.78 is 5.56. The summed E-state index contributed by atoms with van der Waals surface area (Å²) in [6.07, 6.45) is 1.22. The Kier molecular flexibility index (Phi) is 2.82. The molecule has 0 spiro atoms. The monoisotopic (exact) mass is 226 g/mol. The number of carboxylic acids is 1. The molecule has 0 saturated heterocycles. The second kappa shape index (κ2) is 4.11. The van der Waals surface area contributed by atoms with E-state index in [2.05, 4.69) is 0 Å². The van der Waals surface area contributed by atoms with Crippen molar-refractivity contribution in [1.29, 1.82) is 0 Å². The van der Waals surface area contributed by atoms with Crippen LogP contribution in [0.4, 0.5) is 0 Å². The third kappa shape index (κ3) is 2.42. The summed E-state index contributed by atoms with van der Waals surface area (Å²) in [6, 6.07) is 7.08. The molecular weight excluding hydrogens is 216 g/mol. The number of ether oxygens (including phenoxy) is 1. The fourth-order valence-electron chi connectivity index (χ4n) is 1.57. The minimum atomic E-state index is -0.731. The second-order valence-corrected chi connectivity index (χ2v) is 4.14. The topological polar surface area (TPSA) is 46.5 Å². The maximum Gasteiger partial charge on any atom is 0.306 e. The highest BCUT2D eigenvalue weighted by Crippen LogP contribution is 2.31. The van der Waals surface area contributed by atoms with Crippen LogP contribution in [0.5, 0.6) is 5.75 Å². The van der Waals surface area contributed by atoms with Crippen LogP contribution in [-0.4, -0.2) is 17.2 Å². The van der Waals surface area contributed by atoms with Crippen molar-refractivity contribution in [3.05, 3.63) is 29.3 Å². The molecule has 2 rings (SSSR count). The van der Waals surface area contributed by atoms with Gasteiger partial charge in [-0.05, 0) is 37.1 Å². The zero-order valence-corrected chi connectivity index (χ0v) is 8.78. The van der Waals surface area contributed by atoms with E-state index in [-0.39, 0.29) is 12.0 Å². The lowest BCUT2D eigenvalue weighted by molar-refractivity contribution is -0.147. The molecule has 1 N–H and O–H groups in total. The van der Waals surface area contributed by atoms with Crippen LogP contribution in [-0.2, 0) is 4.79 Å². The smallest absolute Gasteiger partial charge is 0.306 e. The first-order valence-corrected chi connectivity index (χ1v) is 5.18. The number of carboxylic acid groups (broad SMARTS) is 1. The fourth-order valence-corrected chi connectivity index (χ4v) is 1.70. The van der Waals surface area contributed by atoms with Crippen LogP contribution in [0, 0.1) is 5.92 Å². The van der Waals surface area contributed by atoms with Gasteiger partial charge in [0, 0.05) is 5.02 Å². The van der Waals surface area contributed by atoms with Gasteiger partial charge < -0.3 is 9.84 Å². The SMILES string of the molecule is O=C(O)C1CC(Oc2ccc(Cl)cc2)C1. The van der Waals surface area contributed by atoms with Gasteiger partial charge in [0.25, 0.3) is 0 Å². The highest BCUT2D eigenvalue weighted by atomic mass is 35.5. The van der Waals surface area contributed by atoms with E-state index < -0.39 is 5.97 Å². The molecule has 0 heterocycles. The molecule has 1 aliphatic carbocycles. The van der Waals surface area contributed by atoms with Crippen molar-refractivity contribution in [2.75, 3.05) is 0 Å². The molecule has 1 aromatic carbocycles. The van der Waals surface area contributed by atoms with Crippen molar-refractivity contribution in [2.24, 2.45) is 5.92 Å². The van der Waals surface area contributed by atoms with Gasteiger partial charge in [0.05, 0.1) is 5.92 Å². The number of aliphatic carboxylic acids is 1. The largest absolute Gasteiger partial charge is 0.490 e. The maximum absolute atomic E-state index is 10.6. The average molecular weight is 227 g/mol. The minimum absolute atomic E-state index is 0.0345. The molecule has 0 aromatic heterocycles. The third-order valence-electron chi connectivity index (χ3n) is 2.56. The second-order valence-electron chi connectivity index (χ2n) is 3.70. The van der Waals surface area contributed by atoms with Crippen molar-refractivity contribution >= 4 is 17.6 Å². The molecule has 0 bridgehead atoms. The molecule has 80 valence electrons. The molecule has 0 radical (unpaired) electrons.